The van der Waals surface area contributed by atoms with Crippen molar-refractivity contribution in [2.24, 2.45) is 0 Å². The second-order valence-corrected chi connectivity index (χ2v) is 5.17. The van der Waals surface area contributed by atoms with E-state index < -0.39 is 0 Å². The predicted molar refractivity (Wildman–Crippen MR) is 81.1 cm³/mol. The molecular weight excluding hydrogens is 264 g/mol. The lowest BCUT2D eigenvalue weighted by molar-refractivity contribution is 0.243. The summed E-state index contributed by atoms with van der Waals surface area (Å²) in [6.45, 7) is 2.82. The highest BCUT2D eigenvalue weighted by molar-refractivity contribution is 5.60. The molecule has 1 aromatic carbocycles. The van der Waals surface area contributed by atoms with E-state index in [1.54, 1.807) is 11.0 Å². The van der Waals surface area contributed by atoms with Gasteiger partial charge in [0.15, 0.2) is 0 Å². The number of likely N-dealkylation sites (tertiary alicyclic amines) is 1. The summed E-state index contributed by atoms with van der Waals surface area (Å²) >= 11 is 0. The lowest BCUT2D eigenvalue weighted by Crippen LogP contribution is -2.39. The van der Waals surface area contributed by atoms with E-state index in [1.165, 1.54) is 0 Å². The minimum absolute atomic E-state index is 0.455. The van der Waals surface area contributed by atoms with Gasteiger partial charge in [-0.15, -0.1) is 11.5 Å². The van der Waals surface area contributed by atoms with Gasteiger partial charge >= 0.3 is 0 Å². The van der Waals surface area contributed by atoms with E-state index in [-0.39, 0.29) is 0 Å². The Morgan fingerprint density at radius 1 is 1.29 bits per heavy atom. The van der Waals surface area contributed by atoms with Crippen LogP contribution in [0.25, 0.3) is 5.69 Å². The fraction of sp³-hybridized carbons (Fsp3) is 0.400. The Labute approximate surface area is 124 Å². The Kier molecular flexibility index (Phi) is 4.12. The number of terminal acetylenes is 1. The van der Waals surface area contributed by atoms with E-state index in [4.69, 9.17) is 6.42 Å². The number of benzene rings is 1. The molecule has 1 saturated heterocycles. The van der Waals surface area contributed by atoms with Crippen LogP contribution in [0.5, 0.6) is 0 Å². The molecule has 6 heteroatoms. The number of nitrogens with one attached hydrogen (secondary N) is 1. The summed E-state index contributed by atoms with van der Waals surface area (Å²) < 4.78 is 1.68. The van der Waals surface area contributed by atoms with Crippen molar-refractivity contribution in [3.05, 3.63) is 30.6 Å². The predicted octanol–water partition coefficient (Wildman–Crippen LogP) is 1.17. The molecular formula is C15H18N6. The van der Waals surface area contributed by atoms with Gasteiger partial charge < -0.3 is 5.32 Å². The Morgan fingerprint density at radius 2 is 2.10 bits per heavy atom. The Hall–Kier alpha value is -2.39. The fourth-order valence-electron chi connectivity index (χ4n) is 2.65. The molecule has 21 heavy (non-hydrogen) atoms. The molecule has 1 fully saturated rings. The molecule has 0 unspecified atom stereocenters. The van der Waals surface area contributed by atoms with Crippen LogP contribution in [0.1, 0.15) is 12.8 Å². The summed E-state index contributed by atoms with van der Waals surface area (Å²) in [5.74, 6) is 2.71. The standard InChI is InChI=1S/C15H18N6/c1-2-9-20-10-7-13(8-11-20)17-14-5-3-4-6-15(14)21-12-16-18-19-21/h1,3-6,12-13,17H,7-11H2. The van der Waals surface area contributed by atoms with E-state index in [1.807, 2.05) is 18.2 Å². The van der Waals surface area contributed by atoms with E-state index in [0.717, 1.165) is 43.9 Å². The maximum Gasteiger partial charge on any atom is 0.143 e. The zero-order valence-electron chi connectivity index (χ0n) is 11.8. The fourth-order valence-corrected chi connectivity index (χ4v) is 2.65. The van der Waals surface area contributed by atoms with Crippen molar-refractivity contribution >= 4 is 5.69 Å². The number of tetrazole rings is 1. The Morgan fingerprint density at radius 3 is 2.81 bits per heavy atom. The van der Waals surface area contributed by atoms with Crippen LogP contribution < -0.4 is 5.32 Å². The van der Waals surface area contributed by atoms with E-state index in [2.05, 4.69) is 37.7 Å². The van der Waals surface area contributed by atoms with Gasteiger partial charge in [0.2, 0.25) is 0 Å². The van der Waals surface area contributed by atoms with Crippen molar-refractivity contribution in [3.63, 3.8) is 0 Å². The van der Waals surface area contributed by atoms with Gasteiger partial charge in [-0.3, -0.25) is 4.90 Å². The van der Waals surface area contributed by atoms with Gasteiger partial charge in [-0.1, -0.05) is 18.1 Å². The third-order valence-electron chi connectivity index (χ3n) is 3.76. The highest BCUT2D eigenvalue weighted by atomic mass is 15.5. The van der Waals surface area contributed by atoms with Crippen molar-refractivity contribution in [1.82, 2.24) is 25.1 Å². The van der Waals surface area contributed by atoms with Crippen molar-refractivity contribution in [3.8, 4) is 18.0 Å². The average Bonchev–Trinajstić information content (AvgIpc) is 3.04. The average molecular weight is 282 g/mol. The summed E-state index contributed by atoms with van der Waals surface area (Å²) in [6, 6.07) is 8.52. The van der Waals surface area contributed by atoms with Crippen LogP contribution in [0.3, 0.4) is 0 Å². The molecule has 0 saturated carbocycles. The van der Waals surface area contributed by atoms with Gasteiger partial charge in [0, 0.05) is 19.1 Å². The first-order chi connectivity index (χ1) is 10.4. The van der Waals surface area contributed by atoms with Gasteiger partial charge in [0.05, 0.1) is 17.9 Å². The first kappa shape index (κ1) is 13.6. The zero-order valence-corrected chi connectivity index (χ0v) is 11.8. The summed E-state index contributed by atoms with van der Waals surface area (Å²) in [6.07, 6.45) is 9.15. The maximum atomic E-state index is 5.36. The lowest BCUT2D eigenvalue weighted by atomic mass is 10.0. The molecule has 2 aromatic rings. The number of piperidine rings is 1. The second kappa shape index (κ2) is 6.37. The first-order valence-corrected chi connectivity index (χ1v) is 7.11. The molecule has 3 rings (SSSR count). The third kappa shape index (κ3) is 3.20. The van der Waals surface area contributed by atoms with Gasteiger partial charge in [-0.05, 0) is 35.4 Å². The lowest BCUT2D eigenvalue weighted by Gasteiger charge is -2.32. The summed E-state index contributed by atoms with van der Waals surface area (Å²) in [4.78, 5) is 2.31. The van der Waals surface area contributed by atoms with Crippen molar-refractivity contribution in [2.75, 3.05) is 25.0 Å². The smallest absolute Gasteiger partial charge is 0.143 e. The van der Waals surface area contributed by atoms with Crippen molar-refractivity contribution in [1.29, 1.82) is 0 Å². The molecule has 0 bridgehead atoms. The highest BCUT2D eigenvalue weighted by Crippen LogP contribution is 2.22. The van der Waals surface area contributed by atoms with Gasteiger partial charge in [0.1, 0.15) is 6.33 Å². The molecule has 6 nitrogen and oxygen atoms in total. The van der Waals surface area contributed by atoms with Gasteiger partial charge in [0.25, 0.3) is 0 Å². The minimum Gasteiger partial charge on any atom is -0.380 e. The minimum atomic E-state index is 0.455. The van der Waals surface area contributed by atoms with E-state index in [9.17, 15) is 0 Å². The Balaban J connectivity index is 1.68. The molecule has 0 amide bonds. The van der Waals surface area contributed by atoms with Crippen LogP contribution in [0, 0.1) is 12.3 Å². The second-order valence-electron chi connectivity index (χ2n) is 5.17. The number of hydrogen-bond acceptors (Lipinski definition) is 5. The first-order valence-electron chi connectivity index (χ1n) is 7.11. The normalized spacial score (nSPS) is 16.5. The number of aromatic nitrogens is 4. The molecule has 2 heterocycles. The number of anilines is 1. The number of hydrogen-bond donors (Lipinski definition) is 1. The van der Waals surface area contributed by atoms with Crippen LogP contribution in [0.2, 0.25) is 0 Å². The molecule has 0 spiro atoms. The Bertz CT molecular complexity index is 607. The van der Waals surface area contributed by atoms with Crippen LogP contribution in [-0.4, -0.2) is 50.8 Å². The SMILES string of the molecule is C#CCN1CCC(Nc2ccccc2-n2cnnn2)CC1. The quantitative estimate of drug-likeness (QED) is 0.853. The molecule has 1 aromatic heterocycles. The largest absolute Gasteiger partial charge is 0.380 e. The van der Waals surface area contributed by atoms with Gasteiger partial charge in [-0.2, -0.15) is 4.68 Å². The van der Waals surface area contributed by atoms with Crippen LogP contribution in [0.15, 0.2) is 30.6 Å². The van der Waals surface area contributed by atoms with Crippen molar-refractivity contribution in [2.45, 2.75) is 18.9 Å². The number of nitrogens with zero attached hydrogens (tertiary/aromatic N) is 5. The maximum absolute atomic E-state index is 5.36. The van der Waals surface area contributed by atoms with E-state index >= 15 is 0 Å². The topological polar surface area (TPSA) is 58.9 Å². The summed E-state index contributed by atoms with van der Waals surface area (Å²) in [7, 11) is 0. The molecule has 0 aliphatic carbocycles. The molecule has 0 atom stereocenters. The van der Waals surface area contributed by atoms with Gasteiger partial charge in [-0.25, -0.2) is 0 Å². The molecule has 1 aliphatic heterocycles. The number of para-hydroxylation sites is 2. The molecule has 108 valence electrons. The van der Waals surface area contributed by atoms with Crippen molar-refractivity contribution < 1.29 is 0 Å². The third-order valence-corrected chi connectivity index (χ3v) is 3.76. The summed E-state index contributed by atoms with van der Waals surface area (Å²) in [5, 5.41) is 15.0. The molecule has 1 N–H and O–H groups in total. The zero-order chi connectivity index (χ0) is 14.5. The van der Waals surface area contributed by atoms with E-state index in [0.29, 0.717) is 6.04 Å². The van der Waals surface area contributed by atoms with Crippen LogP contribution >= 0.6 is 0 Å². The van der Waals surface area contributed by atoms with Crippen LogP contribution in [-0.2, 0) is 0 Å². The summed E-state index contributed by atoms with van der Waals surface area (Å²) in [5.41, 5.74) is 2.02. The van der Waals surface area contributed by atoms with Crippen LogP contribution in [0.4, 0.5) is 5.69 Å². The monoisotopic (exact) mass is 282 g/mol. The number of rotatable bonds is 4. The molecule has 1 aliphatic rings. The molecule has 0 radical (unpaired) electrons. The highest BCUT2D eigenvalue weighted by Gasteiger charge is 2.19.